The number of likely N-dealkylation sites (N-methyl/N-ethyl adjacent to an activating group) is 1. The summed E-state index contributed by atoms with van der Waals surface area (Å²) in [6.07, 6.45) is 0. The number of carbonyl (C=O) groups excluding carboxylic acids is 2. The molecule has 1 N–H and O–H groups in total. The Bertz CT molecular complexity index is 809. The van der Waals surface area contributed by atoms with Crippen molar-refractivity contribution in [3.63, 3.8) is 0 Å². The molecule has 0 aromatic heterocycles. The molecule has 24 heavy (non-hydrogen) atoms. The van der Waals surface area contributed by atoms with Crippen molar-refractivity contribution < 1.29 is 19.4 Å². The van der Waals surface area contributed by atoms with E-state index >= 15 is 0 Å². The fourth-order valence-corrected chi connectivity index (χ4v) is 2.88. The number of hydrogen-bond donors (Lipinski definition) is 1. The van der Waals surface area contributed by atoms with Crippen molar-refractivity contribution in [3.8, 4) is 5.75 Å². The predicted molar refractivity (Wildman–Crippen MR) is 89.5 cm³/mol. The summed E-state index contributed by atoms with van der Waals surface area (Å²) in [5.41, 5.74) is 1.33. The van der Waals surface area contributed by atoms with E-state index in [2.05, 4.69) is 0 Å². The molecule has 122 valence electrons. The summed E-state index contributed by atoms with van der Waals surface area (Å²) in [6.45, 7) is 0. The number of aliphatic hydroxyl groups excluding tert-OH is 1. The Morgan fingerprint density at radius 2 is 1.67 bits per heavy atom. The molecule has 0 saturated carbocycles. The summed E-state index contributed by atoms with van der Waals surface area (Å²) in [7, 11) is 3.11. The second kappa shape index (κ2) is 6.20. The topological polar surface area (TPSA) is 66.8 Å². The van der Waals surface area contributed by atoms with Crippen LogP contribution < -0.4 is 4.74 Å². The van der Waals surface area contributed by atoms with Crippen LogP contribution in [0.2, 0.25) is 0 Å². The Morgan fingerprint density at radius 3 is 2.25 bits per heavy atom. The molecule has 5 nitrogen and oxygen atoms in total. The number of aliphatic hydroxyl groups is 1. The van der Waals surface area contributed by atoms with Gasteiger partial charge in [0, 0.05) is 12.6 Å². The van der Waals surface area contributed by atoms with Crippen molar-refractivity contribution in [3.05, 3.63) is 71.3 Å². The molecule has 0 unspecified atom stereocenters. The number of amides is 1. The Labute approximate surface area is 139 Å². The highest BCUT2D eigenvalue weighted by Crippen LogP contribution is 2.38. The van der Waals surface area contributed by atoms with Crippen LogP contribution in [0, 0.1) is 0 Å². The van der Waals surface area contributed by atoms with Crippen LogP contribution in [0.5, 0.6) is 5.75 Å². The van der Waals surface area contributed by atoms with E-state index in [-0.39, 0.29) is 11.3 Å². The van der Waals surface area contributed by atoms with E-state index in [9.17, 15) is 14.7 Å². The van der Waals surface area contributed by atoms with Crippen LogP contribution in [0.4, 0.5) is 0 Å². The van der Waals surface area contributed by atoms with Crippen LogP contribution >= 0.6 is 0 Å². The molecular formula is C19H17NO4. The standard InChI is InChI=1S/C19H17NO4/c1-20-16(12-6-4-3-5-7-12)15(18(22)19(20)23)17(21)13-8-10-14(24-2)11-9-13/h3-11,16,21H,1-2H3/b17-15+/t16-/m0/s1. The second-order valence-electron chi connectivity index (χ2n) is 5.55. The van der Waals surface area contributed by atoms with Crippen molar-refractivity contribution in [2.24, 2.45) is 0 Å². The normalized spacial score (nSPS) is 19.6. The first-order chi connectivity index (χ1) is 11.5. The first-order valence-corrected chi connectivity index (χ1v) is 7.48. The Kier molecular flexibility index (Phi) is 4.08. The van der Waals surface area contributed by atoms with Gasteiger partial charge in [-0.15, -0.1) is 0 Å². The summed E-state index contributed by atoms with van der Waals surface area (Å²) >= 11 is 0. The fraction of sp³-hybridized carbons (Fsp3) is 0.158. The maximum atomic E-state index is 12.4. The molecule has 3 rings (SSSR count). The monoisotopic (exact) mass is 323 g/mol. The summed E-state index contributed by atoms with van der Waals surface area (Å²) in [4.78, 5) is 25.9. The maximum absolute atomic E-state index is 12.4. The highest BCUT2D eigenvalue weighted by Gasteiger charge is 2.44. The number of benzene rings is 2. The average molecular weight is 323 g/mol. The van der Waals surface area contributed by atoms with Gasteiger partial charge in [0.05, 0.1) is 18.7 Å². The smallest absolute Gasteiger partial charge is 0.295 e. The SMILES string of the molecule is COc1ccc(/C(O)=C2\C(=O)C(=O)N(C)[C@H]2c2ccccc2)cc1. The Morgan fingerprint density at radius 1 is 1.04 bits per heavy atom. The van der Waals surface area contributed by atoms with Gasteiger partial charge in [0.1, 0.15) is 11.5 Å². The lowest BCUT2D eigenvalue weighted by Crippen LogP contribution is -2.24. The zero-order valence-corrected chi connectivity index (χ0v) is 13.4. The zero-order valence-electron chi connectivity index (χ0n) is 13.4. The maximum Gasteiger partial charge on any atom is 0.295 e. The molecule has 2 aromatic rings. The highest BCUT2D eigenvalue weighted by molar-refractivity contribution is 6.46. The van der Waals surface area contributed by atoms with Crippen molar-refractivity contribution in [2.45, 2.75) is 6.04 Å². The van der Waals surface area contributed by atoms with E-state index in [1.54, 1.807) is 38.4 Å². The van der Waals surface area contributed by atoms with Gasteiger partial charge < -0.3 is 14.7 Å². The number of ketones is 1. The zero-order chi connectivity index (χ0) is 17.3. The number of carbonyl (C=O) groups is 2. The van der Waals surface area contributed by atoms with Gasteiger partial charge >= 0.3 is 0 Å². The molecule has 1 amide bonds. The van der Waals surface area contributed by atoms with Gasteiger partial charge in [-0.25, -0.2) is 0 Å². The molecule has 1 saturated heterocycles. The van der Waals surface area contributed by atoms with Gasteiger partial charge in [-0.2, -0.15) is 0 Å². The third-order valence-corrected chi connectivity index (χ3v) is 4.15. The van der Waals surface area contributed by atoms with E-state index in [4.69, 9.17) is 4.74 Å². The molecule has 1 aliphatic rings. The Hall–Kier alpha value is -3.08. The lowest BCUT2D eigenvalue weighted by molar-refractivity contribution is -0.139. The van der Waals surface area contributed by atoms with Crippen molar-refractivity contribution in [2.75, 3.05) is 14.2 Å². The highest BCUT2D eigenvalue weighted by atomic mass is 16.5. The molecule has 1 fully saturated rings. The number of rotatable bonds is 3. The molecule has 5 heteroatoms. The summed E-state index contributed by atoms with van der Waals surface area (Å²) in [5.74, 6) is -0.852. The van der Waals surface area contributed by atoms with Crippen LogP contribution in [0.15, 0.2) is 60.2 Å². The third-order valence-electron chi connectivity index (χ3n) is 4.15. The quantitative estimate of drug-likeness (QED) is 0.536. The van der Waals surface area contributed by atoms with Crippen LogP contribution in [0.3, 0.4) is 0 Å². The Balaban J connectivity index is 2.13. The molecule has 1 aliphatic heterocycles. The van der Waals surface area contributed by atoms with Gasteiger partial charge in [-0.1, -0.05) is 30.3 Å². The van der Waals surface area contributed by atoms with Crippen molar-refractivity contribution in [1.82, 2.24) is 4.90 Å². The predicted octanol–water partition coefficient (Wildman–Crippen LogP) is 2.75. The van der Waals surface area contributed by atoms with Crippen LogP contribution in [0.25, 0.3) is 5.76 Å². The molecular weight excluding hydrogens is 306 g/mol. The number of ether oxygens (including phenoxy) is 1. The van der Waals surface area contributed by atoms with Gasteiger partial charge in [0.15, 0.2) is 0 Å². The van der Waals surface area contributed by atoms with Crippen molar-refractivity contribution in [1.29, 1.82) is 0 Å². The van der Waals surface area contributed by atoms with E-state index in [0.29, 0.717) is 11.3 Å². The molecule has 0 spiro atoms. The van der Waals surface area contributed by atoms with Gasteiger partial charge in [-0.05, 0) is 29.8 Å². The summed E-state index contributed by atoms with van der Waals surface area (Å²) < 4.78 is 5.09. The minimum atomic E-state index is -0.681. The molecule has 0 radical (unpaired) electrons. The minimum Gasteiger partial charge on any atom is -0.507 e. The first kappa shape index (κ1) is 15.8. The fourth-order valence-electron chi connectivity index (χ4n) is 2.88. The molecule has 1 heterocycles. The minimum absolute atomic E-state index is 0.0962. The van der Waals surface area contributed by atoms with Gasteiger partial charge in [0.25, 0.3) is 11.7 Å². The number of hydrogen-bond acceptors (Lipinski definition) is 4. The molecule has 0 aliphatic carbocycles. The first-order valence-electron chi connectivity index (χ1n) is 7.48. The number of methoxy groups -OCH3 is 1. The number of Topliss-reactive ketones (excluding diaryl/α,β-unsaturated/α-hetero) is 1. The summed E-state index contributed by atoms with van der Waals surface area (Å²) in [6, 6.07) is 15.3. The lowest BCUT2D eigenvalue weighted by atomic mass is 9.95. The largest absolute Gasteiger partial charge is 0.507 e. The van der Waals surface area contributed by atoms with Crippen LogP contribution in [-0.4, -0.2) is 35.9 Å². The van der Waals surface area contributed by atoms with E-state index in [1.165, 1.54) is 4.90 Å². The second-order valence-corrected chi connectivity index (χ2v) is 5.55. The molecule has 1 atom stereocenters. The molecule has 2 aromatic carbocycles. The van der Waals surface area contributed by atoms with Gasteiger partial charge in [-0.3, -0.25) is 9.59 Å². The van der Waals surface area contributed by atoms with E-state index in [0.717, 1.165) is 5.56 Å². The van der Waals surface area contributed by atoms with E-state index < -0.39 is 17.7 Å². The van der Waals surface area contributed by atoms with Crippen molar-refractivity contribution >= 4 is 17.4 Å². The van der Waals surface area contributed by atoms with E-state index in [1.807, 2.05) is 30.3 Å². The number of nitrogens with zero attached hydrogens (tertiary/aromatic N) is 1. The molecule has 0 bridgehead atoms. The van der Waals surface area contributed by atoms with Crippen LogP contribution in [0.1, 0.15) is 17.2 Å². The summed E-state index contributed by atoms with van der Waals surface area (Å²) in [5, 5.41) is 10.7. The third kappa shape index (κ3) is 2.54. The number of likely N-dealkylation sites (tertiary alicyclic amines) is 1. The average Bonchev–Trinajstić information content (AvgIpc) is 2.86. The van der Waals surface area contributed by atoms with Gasteiger partial charge in [0.2, 0.25) is 0 Å². The van der Waals surface area contributed by atoms with Crippen LogP contribution in [-0.2, 0) is 9.59 Å². The lowest BCUT2D eigenvalue weighted by Gasteiger charge is -2.20.